The largest absolute Gasteiger partial charge is 0.493 e. The molecule has 0 fully saturated rings. The molecule has 1 aliphatic rings. The molecule has 5 heteroatoms. The molecule has 1 aliphatic heterocycles. The molecule has 0 aliphatic carbocycles. The van der Waals surface area contributed by atoms with Crippen molar-refractivity contribution in [2.24, 2.45) is 0 Å². The van der Waals surface area contributed by atoms with Crippen LogP contribution in [0.3, 0.4) is 0 Å². The predicted octanol–water partition coefficient (Wildman–Crippen LogP) is 2.78. The van der Waals surface area contributed by atoms with Crippen LogP contribution in [0.1, 0.15) is 23.0 Å². The van der Waals surface area contributed by atoms with Gasteiger partial charge in [-0.3, -0.25) is 0 Å². The molecule has 0 saturated heterocycles. The van der Waals surface area contributed by atoms with Crippen molar-refractivity contribution in [3.8, 4) is 5.75 Å². The second-order valence-electron chi connectivity index (χ2n) is 4.00. The molecule has 1 N–H and O–H groups in total. The third kappa shape index (κ3) is 2.10. The Hall–Kier alpha value is -1.62. The van der Waals surface area contributed by atoms with Crippen molar-refractivity contribution in [3.63, 3.8) is 0 Å². The average Bonchev–Trinajstić information content (AvgIpc) is 2.75. The van der Waals surface area contributed by atoms with Crippen molar-refractivity contribution in [1.82, 2.24) is 10.2 Å². The van der Waals surface area contributed by atoms with Gasteiger partial charge in [-0.1, -0.05) is 29.5 Å². The average molecular weight is 247 g/mol. The van der Waals surface area contributed by atoms with Crippen LogP contribution >= 0.6 is 11.3 Å². The van der Waals surface area contributed by atoms with Crippen LogP contribution in [0.5, 0.6) is 5.75 Å². The Labute approximate surface area is 104 Å². The molecule has 17 heavy (non-hydrogen) atoms. The van der Waals surface area contributed by atoms with Crippen molar-refractivity contribution in [1.29, 1.82) is 0 Å². The zero-order chi connectivity index (χ0) is 11.7. The quantitative estimate of drug-likeness (QED) is 0.886. The number of hydrogen-bond acceptors (Lipinski definition) is 5. The maximum Gasteiger partial charge on any atom is 0.206 e. The molecule has 0 bridgehead atoms. The van der Waals surface area contributed by atoms with E-state index < -0.39 is 0 Å². The fourth-order valence-electron chi connectivity index (χ4n) is 2.00. The molecule has 3 rings (SSSR count). The van der Waals surface area contributed by atoms with E-state index in [4.69, 9.17) is 4.74 Å². The maximum atomic E-state index is 5.62. The summed E-state index contributed by atoms with van der Waals surface area (Å²) in [7, 11) is 0. The van der Waals surface area contributed by atoms with Gasteiger partial charge in [0.25, 0.3) is 0 Å². The summed E-state index contributed by atoms with van der Waals surface area (Å²) in [6, 6.07) is 8.41. The maximum absolute atomic E-state index is 5.62. The van der Waals surface area contributed by atoms with Crippen LogP contribution in [-0.2, 0) is 0 Å². The lowest BCUT2D eigenvalue weighted by Gasteiger charge is -2.26. The first-order valence-electron chi connectivity index (χ1n) is 5.61. The van der Waals surface area contributed by atoms with E-state index in [1.807, 2.05) is 25.1 Å². The smallest absolute Gasteiger partial charge is 0.206 e. The molecule has 1 aromatic heterocycles. The molecular formula is C12H13N3OS. The van der Waals surface area contributed by atoms with E-state index in [1.165, 1.54) is 5.56 Å². The topological polar surface area (TPSA) is 47.0 Å². The van der Waals surface area contributed by atoms with E-state index in [-0.39, 0.29) is 6.04 Å². The van der Waals surface area contributed by atoms with Crippen molar-refractivity contribution in [3.05, 3.63) is 34.8 Å². The first-order valence-corrected chi connectivity index (χ1v) is 6.43. The van der Waals surface area contributed by atoms with E-state index in [1.54, 1.807) is 11.3 Å². The molecule has 0 spiro atoms. The minimum Gasteiger partial charge on any atom is -0.493 e. The zero-order valence-corrected chi connectivity index (χ0v) is 10.3. The van der Waals surface area contributed by atoms with Gasteiger partial charge < -0.3 is 10.1 Å². The van der Waals surface area contributed by atoms with Crippen LogP contribution in [0.15, 0.2) is 24.3 Å². The number of nitrogens with zero attached hydrogens (tertiary/aromatic N) is 2. The van der Waals surface area contributed by atoms with Crippen LogP contribution < -0.4 is 10.1 Å². The van der Waals surface area contributed by atoms with Gasteiger partial charge in [-0.25, -0.2) is 0 Å². The van der Waals surface area contributed by atoms with Gasteiger partial charge in [0.2, 0.25) is 5.13 Å². The van der Waals surface area contributed by atoms with Crippen molar-refractivity contribution >= 4 is 16.5 Å². The summed E-state index contributed by atoms with van der Waals surface area (Å²) in [4.78, 5) is 0. The zero-order valence-electron chi connectivity index (χ0n) is 9.51. The van der Waals surface area contributed by atoms with E-state index in [0.29, 0.717) is 0 Å². The molecule has 0 amide bonds. The third-order valence-corrected chi connectivity index (χ3v) is 3.55. The van der Waals surface area contributed by atoms with E-state index in [0.717, 1.165) is 28.9 Å². The molecule has 2 heterocycles. The number of aryl methyl sites for hydroxylation is 1. The van der Waals surface area contributed by atoms with Crippen molar-refractivity contribution < 1.29 is 4.74 Å². The van der Waals surface area contributed by atoms with Gasteiger partial charge >= 0.3 is 0 Å². The van der Waals surface area contributed by atoms with Crippen LogP contribution in [0.4, 0.5) is 5.13 Å². The first kappa shape index (κ1) is 10.5. The molecule has 4 nitrogen and oxygen atoms in total. The highest BCUT2D eigenvalue weighted by Crippen LogP contribution is 2.34. The molecule has 0 saturated carbocycles. The monoisotopic (exact) mass is 247 g/mol. The van der Waals surface area contributed by atoms with Crippen LogP contribution in [-0.4, -0.2) is 16.8 Å². The molecule has 1 atom stereocenters. The highest BCUT2D eigenvalue weighted by molar-refractivity contribution is 7.15. The lowest BCUT2D eigenvalue weighted by Crippen LogP contribution is -2.20. The fourth-order valence-corrected chi connectivity index (χ4v) is 2.64. The lowest BCUT2D eigenvalue weighted by molar-refractivity contribution is 0.274. The van der Waals surface area contributed by atoms with E-state index in [9.17, 15) is 0 Å². The number of benzene rings is 1. The molecule has 1 aromatic carbocycles. The summed E-state index contributed by atoms with van der Waals surface area (Å²) in [5.74, 6) is 0.970. The SMILES string of the molecule is Cc1nnc(NC2CCOc3ccccc32)s1. The molecule has 1 unspecified atom stereocenters. The lowest BCUT2D eigenvalue weighted by atomic mass is 10.0. The minimum absolute atomic E-state index is 0.271. The van der Waals surface area contributed by atoms with Gasteiger partial charge in [0.05, 0.1) is 12.6 Å². The van der Waals surface area contributed by atoms with Crippen LogP contribution in [0.25, 0.3) is 0 Å². The Balaban J connectivity index is 1.85. The Kier molecular flexibility index (Phi) is 2.68. The van der Waals surface area contributed by atoms with Gasteiger partial charge in [0.15, 0.2) is 0 Å². The third-order valence-electron chi connectivity index (χ3n) is 2.78. The highest BCUT2D eigenvalue weighted by atomic mass is 32.1. The van der Waals surface area contributed by atoms with Gasteiger partial charge in [-0.2, -0.15) is 0 Å². The minimum atomic E-state index is 0.271. The first-order chi connectivity index (χ1) is 8.33. The number of anilines is 1. The number of rotatable bonds is 2. The number of nitrogens with one attached hydrogen (secondary N) is 1. The summed E-state index contributed by atoms with van der Waals surface area (Å²) in [5, 5.41) is 13.4. The summed E-state index contributed by atoms with van der Waals surface area (Å²) >= 11 is 1.58. The number of para-hydroxylation sites is 1. The van der Waals surface area contributed by atoms with Crippen molar-refractivity contribution in [2.75, 3.05) is 11.9 Å². The highest BCUT2D eigenvalue weighted by Gasteiger charge is 2.21. The number of hydrogen-bond donors (Lipinski definition) is 1. The van der Waals surface area contributed by atoms with Gasteiger partial charge in [-0.15, -0.1) is 10.2 Å². The summed E-state index contributed by atoms with van der Waals surface area (Å²) < 4.78 is 5.62. The van der Waals surface area contributed by atoms with Gasteiger partial charge in [0.1, 0.15) is 10.8 Å². The Bertz CT molecular complexity index is 526. The number of ether oxygens (including phenoxy) is 1. The standard InChI is InChI=1S/C12H13N3OS/c1-8-14-15-12(17-8)13-10-6-7-16-11-5-3-2-4-9(10)11/h2-5,10H,6-7H2,1H3,(H,13,15). The Morgan fingerprint density at radius 2 is 2.24 bits per heavy atom. The molecule has 0 radical (unpaired) electrons. The molecular weight excluding hydrogens is 234 g/mol. The summed E-state index contributed by atoms with van der Waals surface area (Å²) in [5.41, 5.74) is 1.20. The molecule has 88 valence electrons. The Morgan fingerprint density at radius 3 is 3.06 bits per heavy atom. The second kappa shape index (κ2) is 4.33. The van der Waals surface area contributed by atoms with Crippen LogP contribution in [0.2, 0.25) is 0 Å². The summed E-state index contributed by atoms with van der Waals surface area (Å²) in [6.45, 7) is 2.70. The predicted molar refractivity (Wildman–Crippen MR) is 67.6 cm³/mol. The second-order valence-corrected chi connectivity index (χ2v) is 5.18. The molecule has 2 aromatic rings. The summed E-state index contributed by atoms with van der Waals surface area (Å²) in [6.07, 6.45) is 0.954. The number of aromatic nitrogens is 2. The van der Waals surface area contributed by atoms with Crippen LogP contribution in [0, 0.1) is 6.92 Å². The van der Waals surface area contributed by atoms with Gasteiger partial charge in [0, 0.05) is 12.0 Å². The Morgan fingerprint density at radius 1 is 1.35 bits per heavy atom. The van der Waals surface area contributed by atoms with E-state index in [2.05, 4.69) is 21.6 Å². The number of fused-ring (bicyclic) bond motifs is 1. The normalized spacial score (nSPS) is 18.3. The fraction of sp³-hybridized carbons (Fsp3) is 0.333. The van der Waals surface area contributed by atoms with Crippen molar-refractivity contribution in [2.45, 2.75) is 19.4 Å². The van der Waals surface area contributed by atoms with E-state index >= 15 is 0 Å². The van der Waals surface area contributed by atoms with Gasteiger partial charge in [-0.05, 0) is 13.0 Å².